The average molecular weight is 219 g/mol. The van der Waals surface area contributed by atoms with Crippen molar-refractivity contribution in [2.45, 2.75) is 13.5 Å². The molecule has 0 spiro atoms. The van der Waals surface area contributed by atoms with Crippen molar-refractivity contribution in [2.75, 3.05) is 12.3 Å². The number of aromatic nitrogens is 3. The molecule has 3 N–H and O–H groups in total. The number of fused-ring (bicyclic) bond motifs is 1. The summed E-state index contributed by atoms with van der Waals surface area (Å²) < 4.78 is 1.85. The maximum absolute atomic E-state index is 10.7. The van der Waals surface area contributed by atoms with Gasteiger partial charge in [-0.15, -0.1) is 0 Å². The smallest absolute Gasteiger partial charge is 0.216 e. The molecule has 0 atom stereocenters. The highest BCUT2D eigenvalue weighted by Crippen LogP contribution is 2.15. The van der Waals surface area contributed by atoms with Crippen LogP contribution in [0.25, 0.3) is 11.0 Å². The Morgan fingerprint density at radius 2 is 2.44 bits per heavy atom. The third-order valence-corrected chi connectivity index (χ3v) is 2.29. The Morgan fingerprint density at radius 1 is 1.62 bits per heavy atom. The first-order valence-electron chi connectivity index (χ1n) is 4.98. The van der Waals surface area contributed by atoms with Crippen molar-refractivity contribution < 1.29 is 4.79 Å². The lowest BCUT2D eigenvalue weighted by atomic mass is 10.4. The fourth-order valence-corrected chi connectivity index (χ4v) is 1.58. The van der Waals surface area contributed by atoms with Crippen molar-refractivity contribution in [2.24, 2.45) is 0 Å². The molecule has 0 saturated carbocycles. The number of anilines is 1. The number of nitrogens with two attached hydrogens (primary N) is 1. The Kier molecular flexibility index (Phi) is 2.72. The van der Waals surface area contributed by atoms with Gasteiger partial charge in [-0.3, -0.25) is 9.78 Å². The molecule has 84 valence electrons. The topological polar surface area (TPSA) is 85.8 Å². The molecule has 6 nitrogen and oxygen atoms in total. The van der Waals surface area contributed by atoms with Gasteiger partial charge in [0.1, 0.15) is 5.52 Å². The van der Waals surface area contributed by atoms with Gasteiger partial charge in [-0.2, -0.15) is 0 Å². The van der Waals surface area contributed by atoms with Crippen LogP contribution >= 0.6 is 0 Å². The van der Waals surface area contributed by atoms with Gasteiger partial charge in [-0.05, 0) is 6.07 Å². The lowest BCUT2D eigenvalue weighted by Crippen LogP contribution is -2.24. The van der Waals surface area contributed by atoms with E-state index >= 15 is 0 Å². The van der Waals surface area contributed by atoms with Crippen LogP contribution in [0.3, 0.4) is 0 Å². The molecule has 1 amide bonds. The number of imidazole rings is 1. The Balaban J connectivity index is 2.22. The third-order valence-electron chi connectivity index (χ3n) is 2.29. The fraction of sp³-hybridized carbons (Fsp3) is 0.300. The van der Waals surface area contributed by atoms with Crippen molar-refractivity contribution in [3.05, 3.63) is 18.5 Å². The van der Waals surface area contributed by atoms with Crippen LogP contribution in [0.15, 0.2) is 18.5 Å². The van der Waals surface area contributed by atoms with Crippen molar-refractivity contribution in [1.82, 2.24) is 19.9 Å². The van der Waals surface area contributed by atoms with E-state index in [9.17, 15) is 4.79 Å². The Labute approximate surface area is 92.5 Å². The van der Waals surface area contributed by atoms with Gasteiger partial charge in [0.25, 0.3) is 0 Å². The molecule has 0 saturated heterocycles. The number of pyridine rings is 1. The summed E-state index contributed by atoms with van der Waals surface area (Å²) in [7, 11) is 0. The van der Waals surface area contributed by atoms with Gasteiger partial charge in [0.05, 0.1) is 11.7 Å². The van der Waals surface area contributed by atoms with E-state index in [4.69, 9.17) is 5.73 Å². The molecule has 0 unspecified atom stereocenters. The van der Waals surface area contributed by atoms with Crippen LogP contribution in [-0.4, -0.2) is 27.0 Å². The summed E-state index contributed by atoms with van der Waals surface area (Å²) >= 11 is 0. The van der Waals surface area contributed by atoms with Crippen LogP contribution in [0.5, 0.6) is 0 Å². The van der Waals surface area contributed by atoms with Crippen molar-refractivity contribution in [3.8, 4) is 0 Å². The second-order valence-corrected chi connectivity index (χ2v) is 3.47. The largest absolute Gasteiger partial charge is 0.369 e. The summed E-state index contributed by atoms with van der Waals surface area (Å²) in [6.45, 7) is 2.62. The van der Waals surface area contributed by atoms with Crippen LogP contribution in [-0.2, 0) is 11.3 Å². The molecule has 0 aromatic carbocycles. The minimum Gasteiger partial charge on any atom is -0.369 e. The maximum atomic E-state index is 10.7. The van der Waals surface area contributed by atoms with E-state index in [1.807, 2.05) is 10.6 Å². The lowest BCUT2D eigenvalue weighted by molar-refractivity contribution is -0.118. The van der Waals surface area contributed by atoms with E-state index in [2.05, 4.69) is 15.3 Å². The summed E-state index contributed by atoms with van der Waals surface area (Å²) in [6, 6.07) is 1.85. The molecule has 0 radical (unpaired) electrons. The number of carbonyl (C=O) groups is 1. The molecule has 0 aliphatic carbocycles. The second kappa shape index (κ2) is 4.18. The molecule has 6 heteroatoms. The van der Waals surface area contributed by atoms with E-state index < -0.39 is 0 Å². The first-order chi connectivity index (χ1) is 7.68. The van der Waals surface area contributed by atoms with Crippen LogP contribution in [0.1, 0.15) is 6.92 Å². The number of hydrogen-bond donors (Lipinski definition) is 2. The molecule has 0 aliphatic rings. The number of carbonyl (C=O) groups excluding carboxylic acids is 1. The average Bonchev–Trinajstić information content (AvgIpc) is 2.55. The Morgan fingerprint density at radius 3 is 3.19 bits per heavy atom. The first-order valence-corrected chi connectivity index (χ1v) is 4.98. The van der Waals surface area contributed by atoms with Crippen molar-refractivity contribution in [1.29, 1.82) is 0 Å². The molecule has 0 aliphatic heterocycles. The third kappa shape index (κ3) is 1.95. The van der Waals surface area contributed by atoms with Gasteiger partial charge in [-0.25, -0.2) is 4.98 Å². The standard InChI is InChI=1S/C10H13N5O/c1-7(16)13-4-5-15-9-2-3-12-6-8(9)14-10(15)11/h2-3,6H,4-5H2,1H3,(H2,11,14)(H,13,16). The van der Waals surface area contributed by atoms with Gasteiger partial charge in [0, 0.05) is 26.2 Å². The number of nitrogens with one attached hydrogen (secondary N) is 1. The molecule has 0 fully saturated rings. The minimum atomic E-state index is -0.0512. The van der Waals surface area contributed by atoms with E-state index in [0.717, 1.165) is 11.0 Å². The predicted octanol–water partition coefficient (Wildman–Crippen LogP) is 0.150. The molecule has 2 aromatic heterocycles. The highest BCUT2D eigenvalue weighted by Gasteiger charge is 2.06. The minimum absolute atomic E-state index is 0.0512. The maximum Gasteiger partial charge on any atom is 0.216 e. The number of nitrogens with zero attached hydrogens (tertiary/aromatic N) is 3. The summed E-state index contributed by atoms with van der Waals surface area (Å²) in [4.78, 5) is 18.9. The van der Waals surface area contributed by atoms with Crippen molar-refractivity contribution >= 4 is 22.9 Å². The van der Waals surface area contributed by atoms with Crippen molar-refractivity contribution in [3.63, 3.8) is 0 Å². The van der Waals surface area contributed by atoms with Gasteiger partial charge >= 0.3 is 0 Å². The molecule has 0 bridgehead atoms. The van der Waals surface area contributed by atoms with Gasteiger partial charge < -0.3 is 15.6 Å². The quantitative estimate of drug-likeness (QED) is 0.769. The SMILES string of the molecule is CC(=O)NCCn1c(N)nc2cnccc21. The van der Waals surface area contributed by atoms with E-state index in [-0.39, 0.29) is 5.91 Å². The molecular formula is C10H13N5O. The second-order valence-electron chi connectivity index (χ2n) is 3.47. The monoisotopic (exact) mass is 219 g/mol. The normalized spacial score (nSPS) is 10.6. The summed E-state index contributed by atoms with van der Waals surface area (Å²) in [6.07, 6.45) is 3.36. The molecule has 2 heterocycles. The molecular weight excluding hydrogens is 206 g/mol. The number of hydrogen-bond acceptors (Lipinski definition) is 4. The first kappa shape index (κ1) is 10.4. The molecule has 16 heavy (non-hydrogen) atoms. The van der Waals surface area contributed by atoms with Crippen LogP contribution in [0, 0.1) is 0 Å². The van der Waals surface area contributed by atoms with E-state index in [1.54, 1.807) is 12.4 Å². The zero-order chi connectivity index (χ0) is 11.5. The number of nitrogen functional groups attached to an aromatic ring is 1. The highest BCUT2D eigenvalue weighted by atomic mass is 16.1. The molecule has 2 aromatic rings. The number of rotatable bonds is 3. The highest BCUT2D eigenvalue weighted by molar-refractivity contribution is 5.77. The van der Waals surface area contributed by atoms with E-state index in [0.29, 0.717) is 19.0 Å². The Hall–Kier alpha value is -2.11. The number of amides is 1. The fourth-order valence-electron chi connectivity index (χ4n) is 1.58. The van der Waals surface area contributed by atoms with Gasteiger partial charge in [0.15, 0.2) is 0 Å². The van der Waals surface area contributed by atoms with E-state index in [1.165, 1.54) is 6.92 Å². The zero-order valence-corrected chi connectivity index (χ0v) is 8.97. The predicted molar refractivity (Wildman–Crippen MR) is 60.6 cm³/mol. The van der Waals surface area contributed by atoms with Gasteiger partial charge in [0.2, 0.25) is 11.9 Å². The summed E-state index contributed by atoms with van der Waals surface area (Å²) in [5.74, 6) is 0.387. The Bertz CT molecular complexity index is 519. The lowest BCUT2D eigenvalue weighted by Gasteiger charge is -2.06. The zero-order valence-electron chi connectivity index (χ0n) is 8.97. The van der Waals surface area contributed by atoms with Gasteiger partial charge in [-0.1, -0.05) is 0 Å². The summed E-state index contributed by atoms with van der Waals surface area (Å²) in [5, 5.41) is 2.72. The van der Waals surface area contributed by atoms with Crippen LogP contribution in [0.2, 0.25) is 0 Å². The van der Waals surface area contributed by atoms with Crippen LogP contribution in [0.4, 0.5) is 5.95 Å². The van der Waals surface area contributed by atoms with Crippen LogP contribution < -0.4 is 11.1 Å². The summed E-state index contributed by atoms with van der Waals surface area (Å²) in [5.41, 5.74) is 7.48. The molecule has 2 rings (SSSR count).